The second kappa shape index (κ2) is 11.6. The molecule has 1 saturated heterocycles. The first-order valence-corrected chi connectivity index (χ1v) is 10.4. The van der Waals surface area contributed by atoms with Crippen LogP contribution in [0.15, 0.2) is 23.8 Å². The molecule has 1 fully saturated rings. The van der Waals surface area contributed by atoms with Gasteiger partial charge in [-0.1, -0.05) is 64.8 Å². The fourth-order valence-electron chi connectivity index (χ4n) is 3.70. The maximum atomic E-state index is 11.1. The number of hydrogen-bond acceptors (Lipinski definition) is 3. The van der Waals surface area contributed by atoms with Gasteiger partial charge in [0, 0.05) is 0 Å². The summed E-state index contributed by atoms with van der Waals surface area (Å²) < 4.78 is 0. The quantitative estimate of drug-likeness (QED) is 0.356. The standard InChI is InChI=1S/C22H38O4/c1-6-11-12-17(7-2)13-18(8-3)15-22(10-5)16-19(9-4)20(25-26-22)14-21(23)24/h11-12,15,17,19-20H,6-10,13-14,16H2,1-5H3,(H,23,24)/b12-11+,18-15+/t17?,19-,20-,22-/m1/s1. The van der Waals surface area contributed by atoms with Crippen LogP contribution in [0.2, 0.25) is 0 Å². The van der Waals surface area contributed by atoms with Crippen LogP contribution in [0.25, 0.3) is 0 Å². The van der Waals surface area contributed by atoms with Crippen molar-refractivity contribution >= 4 is 5.97 Å². The molecule has 0 radical (unpaired) electrons. The van der Waals surface area contributed by atoms with Crippen LogP contribution < -0.4 is 0 Å². The van der Waals surface area contributed by atoms with Crippen LogP contribution in [-0.4, -0.2) is 22.8 Å². The van der Waals surface area contributed by atoms with Crippen LogP contribution in [0.4, 0.5) is 0 Å². The van der Waals surface area contributed by atoms with E-state index in [4.69, 9.17) is 14.9 Å². The van der Waals surface area contributed by atoms with Gasteiger partial charge in [0.05, 0.1) is 6.42 Å². The fourth-order valence-corrected chi connectivity index (χ4v) is 3.70. The van der Waals surface area contributed by atoms with E-state index < -0.39 is 11.6 Å². The van der Waals surface area contributed by atoms with Crippen molar-refractivity contribution in [3.8, 4) is 0 Å². The van der Waals surface area contributed by atoms with Gasteiger partial charge in [0.25, 0.3) is 0 Å². The first-order chi connectivity index (χ1) is 12.4. The molecule has 1 heterocycles. The molecule has 1 unspecified atom stereocenters. The molecule has 1 N–H and O–H groups in total. The minimum atomic E-state index is -0.834. The molecule has 150 valence electrons. The predicted molar refractivity (Wildman–Crippen MR) is 106 cm³/mol. The Hall–Kier alpha value is -1.13. The van der Waals surface area contributed by atoms with Crippen LogP contribution in [0.5, 0.6) is 0 Å². The van der Waals surface area contributed by atoms with Gasteiger partial charge in [-0.05, 0) is 50.4 Å². The third-order valence-corrected chi connectivity index (χ3v) is 5.58. The van der Waals surface area contributed by atoms with Gasteiger partial charge in [0.2, 0.25) is 0 Å². The Morgan fingerprint density at radius 2 is 2.00 bits per heavy atom. The summed E-state index contributed by atoms with van der Waals surface area (Å²) in [5.41, 5.74) is 0.961. The molecule has 1 aliphatic heterocycles. The molecule has 4 nitrogen and oxygen atoms in total. The SMILES string of the molecule is CC/C=C/C(CC)C/C(=C/[C@]1(CC)C[C@@H](CC)[C@@H](CC(=O)O)OO1)CC. The minimum Gasteiger partial charge on any atom is -0.481 e. The predicted octanol–water partition coefficient (Wildman–Crippen LogP) is 6.08. The van der Waals surface area contributed by atoms with E-state index in [1.54, 1.807) is 0 Å². The Balaban J connectivity index is 2.94. The number of carboxylic acid groups (broad SMARTS) is 1. The zero-order valence-corrected chi connectivity index (χ0v) is 17.3. The monoisotopic (exact) mass is 366 g/mol. The molecule has 0 aromatic carbocycles. The lowest BCUT2D eigenvalue weighted by atomic mass is 9.80. The van der Waals surface area contributed by atoms with Crippen molar-refractivity contribution in [2.24, 2.45) is 11.8 Å². The molecular formula is C22H38O4. The topological polar surface area (TPSA) is 55.8 Å². The Kier molecular flexibility index (Phi) is 10.2. The molecule has 0 amide bonds. The van der Waals surface area contributed by atoms with Crippen molar-refractivity contribution in [1.29, 1.82) is 0 Å². The zero-order chi connectivity index (χ0) is 19.6. The minimum absolute atomic E-state index is 0.00235. The van der Waals surface area contributed by atoms with Gasteiger partial charge in [0.15, 0.2) is 0 Å². The van der Waals surface area contributed by atoms with Crippen molar-refractivity contribution in [3.63, 3.8) is 0 Å². The lowest BCUT2D eigenvalue weighted by molar-refractivity contribution is -0.409. The van der Waals surface area contributed by atoms with Crippen LogP contribution in [0.3, 0.4) is 0 Å². The Bertz CT molecular complexity index is 483. The smallest absolute Gasteiger partial charge is 0.306 e. The normalized spacial score (nSPS) is 28.4. The average molecular weight is 367 g/mol. The second-order valence-electron chi connectivity index (χ2n) is 7.47. The van der Waals surface area contributed by atoms with Gasteiger partial charge in [-0.2, -0.15) is 0 Å². The summed E-state index contributed by atoms with van der Waals surface area (Å²) in [6, 6.07) is 0. The fraction of sp³-hybridized carbons (Fsp3) is 0.773. The molecule has 0 aromatic rings. The second-order valence-corrected chi connectivity index (χ2v) is 7.47. The molecule has 4 atom stereocenters. The highest BCUT2D eigenvalue weighted by molar-refractivity contribution is 5.67. The number of carboxylic acids is 1. The molecule has 0 aromatic heterocycles. The summed E-state index contributed by atoms with van der Waals surface area (Å²) >= 11 is 0. The van der Waals surface area contributed by atoms with Crippen molar-refractivity contribution in [2.45, 2.75) is 97.7 Å². The van der Waals surface area contributed by atoms with E-state index in [0.29, 0.717) is 5.92 Å². The van der Waals surface area contributed by atoms with Crippen LogP contribution >= 0.6 is 0 Å². The van der Waals surface area contributed by atoms with E-state index >= 15 is 0 Å². The van der Waals surface area contributed by atoms with Gasteiger partial charge in [0.1, 0.15) is 11.7 Å². The highest BCUT2D eigenvalue weighted by Crippen LogP contribution is 2.39. The van der Waals surface area contributed by atoms with E-state index in [9.17, 15) is 4.79 Å². The summed E-state index contributed by atoms with van der Waals surface area (Å²) in [4.78, 5) is 22.5. The van der Waals surface area contributed by atoms with Gasteiger partial charge in [-0.25, -0.2) is 9.78 Å². The maximum absolute atomic E-state index is 11.1. The maximum Gasteiger partial charge on any atom is 0.306 e. The molecule has 0 bridgehead atoms. The molecule has 0 saturated carbocycles. The van der Waals surface area contributed by atoms with Crippen molar-refractivity contribution in [3.05, 3.63) is 23.8 Å². The van der Waals surface area contributed by atoms with Crippen molar-refractivity contribution < 1.29 is 19.7 Å². The lowest BCUT2D eigenvalue weighted by Crippen LogP contribution is -2.44. The number of carbonyl (C=O) groups is 1. The number of rotatable bonds is 11. The molecule has 0 spiro atoms. The first-order valence-electron chi connectivity index (χ1n) is 10.4. The highest BCUT2D eigenvalue weighted by Gasteiger charge is 2.41. The molecule has 4 heteroatoms. The molecule has 26 heavy (non-hydrogen) atoms. The Morgan fingerprint density at radius 3 is 2.50 bits per heavy atom. The van der Waals surface area contributed by atoms with E-state index in [1.807, 2.05) is 0 Å². The van der Waals surface area contributed by atoms with Gasteiger partial charge in [-0.15, -0.1) is 0 Å². The van der Waals surface area contributed by atoms with Gasteiger partial charge >= 0.3 is 5.97 Å². The summed E-state index contributed by atoms with van der Waals surface area (Å²) in [5.74, 6) is -0.0725. The van der Waals surface area contributed by atoms with Crippen molar-refractivity contribution in [2.75, 3.05) is 0 Å². The van der Waals surface area contributed by atoms with E-state index in [2.05, 4.69) is 52.8 Å². The number of aliphatic carboxylic acids is 1. The largest absolute Gasteiger partial charge is 0.481 e. The summed E-state index contributed by atoms with van der Waals surface area (Å²) in [6.07, 6.45) is 13.3. The Morgan fingerprint density at radius 1 is 1.27 bits per heavy atom. The van der Waals surface area contributed by atoms with Crippen LogP contribution in [0, 0.1) is 11.8 Å². The van der Waals surface area contributed by atoms with Gasteiger partial charge in [-0.3, -0.25) is 4.79 Å². The van der Waals surface area contributed by atoms with E-state index in [0.717, 1.165) is 44.9 Å². The molecule has 1 aliphatic rings. The lowest BCUT2D eigenvalue weighted by Gasteiger charge is -2.41. The number of hydrogen-bond donors (Lipinski definition) is 1. The van der Waals surface area contributed by atoms with Crippen LogP contribution in [0.1, 0.15) is 86.0 Å². The molecule has 0 aliphatic carbocycles. The Labute approximate surface area is 159 Å². The third kappa shape index (κ3) is 6.88. The average Bonchev–Trinajstić information content (AvgIpc) is 2.65. The molecular weight excluding hydrogens is 328 g/mol. The molecule has 1 rings (SSSR count). The van der Waals surface area contributed by atoms with Gasteiger partial charge < -0.3 is 5.11 Å². The third-order valence-electron chi connectivity index (χ3n) is 5.58. The summed E-state index contributed by atoms with van der Waals surface area (Å²) in [6.45, 7) is 10.8. The van der Waals surface area contributed by atoms with E-state index in [1.165, 1.54) is 5.57 Å². The van der Waals surface area contributed by atoms with E-state index in [-0.39, 0.29) is 18.4 Å². The van der Waals surface area contributed by atoms with Crippen LogP contribution in [-0.2, 0) is 14.6 Å². The number of allylic oxidation sites excluding steroid dienone is 3. The van der Waals surface area contributed by atoms with Crippen molar-refractivity contribution in [1.82, 2.24) is 0 Å². The zero-order valence-electron chi connectivity index (χ0n) is 17.3. The summed E-state index contributed by atoms with van der Waals surface area (Å²) in [5, 5.41) is 9.09. The summed E-state index contributed by atoms with van der Waals surface area (Å²) in [7, 11) is 0. The first kappa shape index (κ1) is 22.9. The highest BCUT2D eigenvalue weighted by atomic mass is 17.2.